The summed E-state index contributed by atoms with van der Waals surface area (Å²) in [7, 11) is 3.21. The predicted molar refractivity (Wildman–Crippen MR) is 105 cm³/mol. The molecule has 0 aliphatic heterocycles. The van der Waals surface area contributed by atoms with Crippen LogP contribution in [0.2, 0.25) is 5.15 Å². The van der Waals surface area contributed by atoms with Gasteiger partial charge in [-0.1, -0.05) is 17.7 Å². The molecule has 4 rings (SSSR count). The second kappa shape index (κ2) is 7.40. The number of benzene rings is 1. The molecular weight excluding hydrogens is 382 g/mol. The van der Waals surface area contributed by atoms with Crippen LogP contribution in [0.4, 0.5) is 5.95 Å². The summed E-state index contributed by atoms with van der Waals surface area (Å²) in [6, 6.07) is 9.28. The van der Waals surface area contributed by atoms with E-state index >= 15 is 0 Å². The smallest absolute Gasteiger partial charge is 0.227 e. The van der Waals surface area contributed by atoms with Crippen LogP contribution in [-0.4, -0.2) is 33.8 Å². The number of furan rings is 1. The van der Waals surface area contributed by atoms with Crippen LogP contribution in [0.1, 0.15) is 11.1 Å². The molecular formula is C19H18ClN5O3. The summed E-state index contributed by atoms with van der Waals surface area (Å²) < 4.78 is 17.6. The zero-order valence-electron chi connectivity index (χ0n) is 15.6. The first-order valence-corrected chi connectivity index (χ1v) is 8.90. The second-order valence-corrected chi connectivity index (χ2v) is 6.40. The number of hydrogen-bond acceptors (Lipinski definition) is 7. The Morgan fingerprint density at radius 3 is 2.68 bits per heavy atom. The van der Waals surface area contributed by atoms with Gasteiger partial charge in [-0.3, -0.25) is 0 Å². The minimum absolute atomic E-state index is 0.362. The molecule has 1 N–H and O–H groups in total. The quantitative estimate of drug-likeness (QED) is 0.491. The summed E-state index contributed by atoms with van der Waals surface area (Å²) >= 11 is 6.30. The summed E-state index contributed by atoms with van der Waals surface area (Å²) in [6.07, 6.45) is 1.58. The monoisotopic (exact) mass is 399 g/mol. The van der Waals surface area contributed by atoms with Gasteiger partial charge in [0.25, 0.3) is 0 Å². The standard InChI is InChI=1S/C19H18ClN5O3/c1-11-16(20)22-19(21-10-12-6-7-13(26-2)15(9-12)27-3)25-18(11)23-17(24-25)14-5-4-8-28-14/h4-9H,10H2,1-3H3,(H,21,22). The van der Waals surface area contributed by atoms with Crippen molar-refractivity contribution in [2.75, 3.05) is 19.5 Å². The fraction of sp³-hybridized carbons (Fsp3) is 0.211. The van der Waals surface area contributed by atoms with Gasteiger partial charge < -0.3 is 19.2 Å². The Kier molecular flexibility index (Phi) is 4.79. The molecule has 4 aromatic rings. The van der Waals surface area contributed by atoms with Gasteiger partial charge in [0.05, 0.1) is 20.5 Å². The predicted octanol–water partition coefficient (Wildman–Crippen LogP) is 3.98. The molecule has 0 unspecified atom stereocenters. The van der Waals surface area contributed by atoms with Crippen molar-refractivity contribution < 1.29 is 13.9 Å². The van der Waals surface area contributed by atoms with Crippen LogP contribution in [0.5, 0.6) is 11.5 Å². The molecule has 0 bridgehead atoms. The molecule has 3 heterocycles. The van der Waals surface area contributed by atoms with Crippen LogP contribution >= 0.6 is 11.6 Å². The molecule has 144 valence electrons. The molecule has 0 fully saturated rings. The average molecular weight is 400 g/mol. The molecule has 0 saturated heterocycles. The lowest BCUT2D eigenvalue weighted by Gasteiger charge is -2.12. The Balaban J connectivity index is 1.68. The minimum atomic E-state index is 0.362. The van der Waals surface area contributed by atoms with Crippen molar-refractivity contribution in [3.05, 3.63) is 52.9 Å². The van der Waals surface area contributed by atoms with Crippen molar-refractivity contribution in [3.63, 3.8) is 0 Å². The second-order valence-electron chi connectivity index (χ2n) is 6.04. The lowest BCUT2D eigenvalue weighted by atomic mass is 10.2. The molecule has 0 radical (unpaired) electrons. The summed E-state index contributed by atoms with van der Waals surface area (Å²) in [5, 5.41) is 8.13. The number of aromatic nitrogens is 4. The number of aryl methyl sites for hydroxylation is 1. The molecule has 0 aliphatic carbocycles. The van der Waals surface area contributed by atoms with Gasteiger partial charge in [0.1, 0.15) is 5.15 Å². The molecule has 0 spiro atoms. The molecule has 0 aliphatic rings. The summed E-state index contributed by atoms with van der Waals surface area (Å²) in [6.45, 7) is 2.33. The topological polar surface area (TPSA) is 86.7 Å². The van der Waals surface area contributed by atoms with Crippen LogP contribution in [0, 0.1) is 6.92 Å². The van der Waals surface area contributed by atoms with Crippen molar-refractivity contribution in [1.82, 2.24) is 19.6 Å². The summed E-state index contributed by atoms with van der Waals surface area (Å²) in [4.78, 5) is 8.95. The maximum atomic E-state index is 6.30. The first-order valence-electron chi connectivity index (χ1n) is 8.52. The zero-order valence-corrected chi connectivity index (χ0v) is 16.3. The number of nitrogens with one attached hydrogen (secondary N) is 1. The number of nitrogens with zero attached hydrogens (tertiary/aromatic N) is 4. The maximum absolute atomic E-state index is 6.30. The van der Waals surface area contributed by atoms with E-state index < -0.39 is 0 Å². The van der Waals surface area contributed by atoms with Crippen molar-refractivity contribution >= 4 is 23.2 Å². The first kappa shape index (κ1) is 18.1. The van der Waals surface area contributed by atoms with E-state index in [0.717, 1.165) is 11.1 Å². The lowest BCUT2D eigenvalue weighted by Crippen LogP contribution is -2.09. The van der Waals surface area contributed by atoms with Gasteiger partial charge in [0, 0.05) is 12.1 Å². The van der Waals surface area contributed by atoms with Gasteiger partial charge in [-0.05, 0) is 36.8 Å². The van der Waals surface area contributed by atoms with Gasteiger partial charge >= 0.3 is 0 Å². The number of halogens is 1. The molecule has 0 saturated carbocycles. The third kappa shape index (κ3) is 3.22. The Hall–Kier alpha value is -3.26. The highest BCUT2D eigenvalue weighted by Gasteiger charge is 2.17. The van der Waals surface area contributed by atoms with E-state index in [1.165, 1.54) is 0 Å². The van der Waals surface area contributed by atoms with E-state index in [1.54, 1.807) is 37.1 Å². The van der Waals surface area contributed by atoms with E-state index in [9.17, 15) is 0 Å². The zero-order chi connectivity index (χ0) is 19.7. The third-order valence-electron chi connectivity index (χ3n) is 4.30. The van der Waals surface area contributed by atoms with Crippen molar-refractivity contribution in [2.24, 2.45) is 0 Å². The number of rotatable bonds is 6. The van der Waals surface area contributed by atoms with Crippen LogP contribution in [0.3, 0.4) is 0 Å². The number of anilines is 1. The van der Waals surface area contributed by atoms with Crippen LogP contribution in [0.15, 0.2) is 41.0 Å². The van der Waals surface area contributed by atoms with Crippen LogP contribution in [0.25, 0.3) is 17.2 Å². The number of hydrogen-bond donors (Lipinski definition) is 1. The molecule has 0 atom stereocenters. The van der Waals surface area contributed by atoms with E-state index in [-0.39, 0.29) is 0 Å². The van der Waals surface area contributed by atoms with Gasteiger partial charge in [0.2, 0.25) is 11.8 Å². The SMILES string of the molecule is COc1ccc(CNc2nc(Cl)c(C)c3nc(-c4ccco4)nn23)cc1OC. The molecule has 1 aromatic carbocycles. The molecule has 3 aromatic heterocycles. The number of fused-ring (bicyclic) bond motifs is 1. The maximum Gasteiger partial charge on any atom is 0.227 e. The Morgan fingerprint density at radius 1 is 1.14 bits per heavy atom. The van der Waals surface area contributed by atoms with Crippen molar-refractivity contribution in [1.29, 1.82) is 0 Å². The van der Waals surface area contributed by atoms with Crippen molar-refractivity contribution in [3.8, 4) is 23.1 Å². The highest BCUT2D eigenvalue weighted by Crippen LogP contribution is 2.28. The van der Waals surface area contributed by atoms with Gasteiger partial charge in [-0.2, -0.15) is 4.52 Å². The lowest BCUT2D eigenvalue weighted by molar-refractivity contribution is 0.354. The summed E-state index contributed by atoms with van der Waals surface area (Å²) in [5.41, 5.74) is 2.33. The third-order valence-corrected chi connectivity index (χ3v) is 4.66. The highest BCUT2D eigenvalue weighted by atomic mass is 35.5. The molecule has 9 heteroatoms. The first-order chi connectivity index (χ1) is 13.6. The van der Waals surface area contributed by atoms with Gasteiger partial charge in [-0.15, -0.1) is 5.10 Å². The minimum Gasteiger partial charge on any atom is -0.493 e. The molecule has 8 nitrogen and oxygen atoms in total. The highest BCUT2D eigenvalue weighted by molar-refractivity contribution is 6.30. The molecule has 28 heavy (non-hydrogen) atoms. The largest absolute Gasteiger partial charge is 0.493 e. The Morgan fingerprint density at radius 2 is 1.96 bits per heavy atom. The number of methoxy groups -OCH3 is 2. The Labute approximate surface area is 166 Å². The average Bonchev–Trinajstić information content (AvgIpc) is 3.39. The van der Waals surface area contributed by atoms with Gasteiger partial charge in [0.15, 0.2) is 22.9 Å². The van der Waals surface area contributed by atoms with E-state index in [1.807, 2.05) is 25.1 Å². The van der Waals surface area contributed by atoms with Crippen molar-refractivity contribution in [2.45, 2.75) is 13.5 Å². The normalized spacial score (nSPS) is 11.0. The van der Waals surface area contributed by atoms with Crippen LogP contribution in [-0.2, 0) is 6.54 Å². The molecule has 0 amide bonds. The fourth-order valence-corrected chi connectivity index (χ4v) is 2.98. The summed E-state index contributed by atoms with van der Waals surface area (Å²) in [5.74, 6) is 2.84. The van der Waals surface area contributed by atoms with E-state index in [4.69, 9.17) is 25.5 Å². The Bertz CT molecular complexity index is 1120. The van der Waals surface area contributed by atoms with Crippen LogP contribution < -0.4 is 14.8 Å². The number of ether oxygens (including phenoxy) is 2. The van der Waals surface area contributed by atoms with E-state index in [2.05, 4.69) is 20.4 Å². The van der Waals surface area contributed by atoms with E-state index in [0.29, 0.717) is 46.4 Å². The van der Waals surface area contributed by atoms with Gasteiger partial charge in [-0.25, -0.2) is 9.97 Å². The fourth-order valence-electron chi connectivity index (χ4n) is 2.82.